The summed E-state index contributed by atoms with van der Waals surface area (Å²) < 4.78 is 7.43. The quantitative estimate of drug-likeness (QED) is 0.782. The van der Waals surface area contributed by atoms with Gasteiger partial charge in [-0.05, 0) is 23.8 Å². The Kier molecular flexibility index (Phi) is 3.99. The molecule has 0 saturated carbocycles. The maximum Gasteiger partial charge on any atom is 0.141 e. The van der Waals surface area contributed by atoms with Gasteiger partial charge in [-0.15, -0.1) is 0 Å². The maximum absolute atomic E-state index is 5.74. The second kappa shape index (κ2) is 6.08. The van der Waals surface area contributed by atoms with Crippen molar-refractivity contribution in [2.45, 2.75) is 13.1 Å². The van der Waals surface area contributed by atoms with Gasteiger partial charge in [0.05, 0.1) is 17.6 Å². The first-order valence-electron chi connectivity index (χ1n) is 7.07. The Morgan fingerprint density at radius 3 is 2.81 bits per heavy atom. The number of nitrogens with zero attached hydrogens (tertiary/aromatic N) is 2. The molecule has 0 aliphatic heterocycles. The summed E-state index contributed by atoms with van der Waals surface area (Å²) >= 11 is 0. The molecule has 0 atom stereocenters. The fraction of sp³-hybridized carbons (Fsp3) is 0.235. The molecule has 0 aliphatic carbocycles. The molecule has 3 aromatic rings. The van der Waals surface area contributed by atoms with Gasteiger partial charge in [0.15, 0.2) is 0 Å². The van der Waals surface area contributed by atoms with Crippen LogP contribution < -0.4 is 5.73 Å². The van der Waals surface area contributed by atoms with Gasteiger partial charge in [-0.3, -0.25) is 0 Å². The predicted molar refractivity (Wildman–Crippen MR) is 84.9 cm³/mol. The highest BCUT2D eigenvalue weighted by Crippen LogP contribution is 2.25. The molecule has 3 rings (SSSR count). The summed E-state index contributed by atoms with van der Waals surface area (Å²) in [4.78, 5) is 4.78. The van der Waals surface area contributed by atoms with E-state index in [1.807, 2.05) is 30.3 Å². The van der Waals surface area contributed by atoms with Crippen LogP contribution in [0.4, 0.5) is 0 Å². The van der Waals surface area contributed by atoms with Gasteiger partial charge in [-0.2, -0.15) is 0 Å². The van der Waals surface area contributed by atoms with Crippen molar-refractivity contribution in [3.63, 3.8) is 0 Å². The van der Waals surface area contributed by atoms with Gasteiger partial charge < -0.3 is 15.0 Å². The zero-order chi connectivity index (χ0) is 14.7. The number of rotatable bonds is 5. The van der Waals surface area contributed by atoms with Crippen molar-refractivity contribution in [2.24, 2.45) is 5.73 Å². The van der Waals surface area contributed by atoms with Crippen molar-refractivity contribution in [3.8, 4) is 11.4 Å². The van der Waals surface area contributed by atoms with E-state index in [4.69, 9.17) is 15.5 Å². The van der Waals surface area contributed by atoms with E-state index in [2.05, 4.69) is 22.8 Å². The summed E-state index contributed by atoms with van der Waals surface area (Å²) in [5.74, 6) is 0.962. The molecule has 0 fully saturated rings. The first kappa shape index (κ1) is 13.8. The van der Waals surface area contributed by atoms with Gasteiger partial charge in [-0.1, -0.05) is 30.3 Å². The Morgan fingerprint density at radius 1 is 1.14 bits per heavy atom. The lowest BCUT2D eigenvalue weighted by Crippen LogP contribution is -2.06. The van der Waals surface area contributed by atoms with E-state index in [0.717, 1.165) is 34.5 Å². The molecule has 4 heteroatoms. The van der Waals surface area contributed by atoms with Gasteiger partial charge in [-0.25, -0.2) is 4.98 Å². The number of benzene rings is 2. The third kappa shape index (κ3) is 2.68. The van der Waals surface area contributed by atoms with E-state index in [0.29, 0.717) is 13.2 Å². The van der Waals surface area contributed by atoms with Gasteiger partial charge in [0.2, 0.25) is 0 Å². The fourth-order valence-corrected chi connectivity index (χ4v) is 2.54. The summed E-state index contributed by atoms with van der Waals surface area (Å²) in [7, 11) is 1.72. The molecule has 0 bridgehead atoms. The van der Waals surface area contributed by atoms with Crippen LogP contribution in [0, 0.1) is 0 Å². The smallest absolute Gasteiger partial charge is 0.141 e. The number of para-hydroxylation sites is 2. The first-order chi connectivity index (χ1) is 10.3. The van der Waals surface area contributed by atoms with Crippen molar-refractivity contribution in [1.29, 1.82) is 0 Å². The van der Waals surface area contributed by atoms with Crippen molar-refractivity contribution in [1.82, 2.24) is 9.55 Å². The Balaban J connectivity index is 2.15. The Labute approximate surface area is 124 Å². The average Bonchev–Trinajstić information content (AvgIpc) is 2.91. The van der Waals surface area contributed by atoms with Gasteiger partial charge in [0.1, 0.15) is 5.82 Å². The molecule has 0 amide bonds. The van der Waals surface area contributed by atoms with Crippen LogP contribution in [0.2, 0.25) is 0 Å². The molecule has 4 nitrogen and oxygen atoms in total. The zero-order valence-corrected chi connectivity index (χ0v) is 12.1. The van der Waals surface area contributed by atoms with E-state index in [9.17, 15) is 0 Å². The molecule has 0 aliphatic rings. The molecule has 0 unspecified atom stereocenters. The zero-order valence-electron chi connectivity index (χ0n) is 12.1. The molecule has 2 N–H and O–H groups in total. The van der Waals surface area contributed by atoms with Crippen LogP contribution >= 0.6 is 0 Å². The van der Waals surface area contributed by atoms with Crippen LogP contribution in [0.25, 0.3) is 22.4 Å². The number of hydrogen-bond donors (Lipinski definition) is 1. The molecule has 1 heterocycles. The number of ether oxygens (including phenoxy) is 1. The van der Waals surface area contributed by atoms with Gasteiger partial charge >= 0.3 is 0 Å². The van der Waals surface area contributed by atoms with E-state index >= 15 is 0 Å². The summed E-state index contributed by atoms with van der Waals surface area (Å²) in [6.07, 6.45) is 0. The molecular weight excluding hydrogens is 262 g/mol. The predicted octanol–water partition coefficient (Wildman–Crippen LogP) is 2.81. The Bertz CT molecular complexity index is 749. The normalized spacial score (nSPS) is 11.1. The summed E-state index contributed by atoms with van der Waals surface area (Å²) in [5, 5.41) is 0. The van der Waals surface area contributed by atoms with Crippen molar-refractivity contribution < 1.29 is 4.74 Å². The Morgan fingerprint density at radius 2 is 2.00 bits per heavy atom. The third-order valence-corrected chi connectivity index (χ3v) is 3.59. The highest BCUT2D eigenvalue weighted by molar-refractivity contribution is 5.80. The summed E-state index contributed by atoms with van der Waals surface area (Å²) in [6.45, 7) is 1.97. The standard InChI is InChI=1S/C17H19N3O/c1-21-10-9-20-16-8-3-2-7-15(16)19-17(20)14-6-4-5-13(11-14)12-18/h2-8,11H,9-10,12,18H2,1H3. The second-order valence-electron chi connectivity index (χ2n) is 4.97. The average molecular weight is 281 g/mol. The minimum absolute atomic E-state index is 0.534. The summed E-state index contributed by atoms with van der Waals surface area (Å²) in [5.41, 5.74) is 10.1. The molecule has 108 valence electrons. The largest absolute Gasteiger partial charge is 0.383 e. The molecule has 0 spiro atoms. The molecule has 21 heavy (non-hydrogen) atoms. The number of imidazole rings is 1. The van der Waals surface area contributed by atoms with E-state index < -0.39 is 0 Å². The van der Waals surface area contributed by atoms with Gasteiger partial charge in [0, 0.05) is 25.8 Å². The third-order valence-electron chi connectivity index (χ3n) is 3.59. The lowest BCUT2D eigenvalue weighted by atomic mass is 10.1. The SMILES string of the molecule is COCCn1c(-c2cccc(CN)c2)nc2ccccc21. The van der Waals surface area contributed by atoms with Crippen LogP contribution in [0.1, 0.15) is 5.56 Å². The van der Waals surface area contributed by atoms with Crippen LogP contribution in [-0.2, 0) is 17.8 Å². The van der Waals surface area contributed by atoms with Crippen LogP contribution in [0.3, 0.4) is 0 Å². The minimum atomic E-state index is 0.534. The number of hydrogen-bond acceptors (Lipinski definition) is 3. The van der Waals surface area contributed by atoms with Crippen LogP contribution in [-0.4, -0.2) is 23.3 Å². The maximum atomic E-state index is 5.74. The molecule has 1 aromatic heterocycles. The van der Waals surface area contributed by atoms with Crippen LogP contribution in [0.15, 0.2) is 48.5 Å². The van der Waals surface area contributed by atoms with Crippen molar-refractivity contribution in [3.05, 3.63) is 54.1 Å². The second-order valence-corrected chi connectivity index (χ2v) is 4.97. The molecule has 2 aromatic carbocycles. The van der Waals surface area contributed by atoms with Crippen LogP contribution in [0.5, 0.6) is 0 Å². The number of aromatic nitrogens is 2. The Hall–Kier alpha value is -2.17. The topological polar surface area (TPSA) is 53.1 Å². The minimum Gasteiger partial charge on any atom is -0.383 e. The highest BCUT2D eigenvalue weighted by Gasteiger charge is 2.12. The number of nitrogens with two attached hydrogens (primary N) is 1. The molecule has 0 saturated heterocycles. The van der Waals surface area contributed by atoms with E-state index in [1.165, 1.54) is 0 Å². The lowest BCUT2D eigenvalue weighted by Gasteiger charge is -2.09. The fourth-order valence-electron chi connectivity index (χ4n) is 2.54. The number of methoxy groups -OCH3 is 1. The first-order valence-corrected chi connectivity index (χ1v) is 7.07. The molecule has 0 radical (unpaired) electrons. The van der Waals surface area contributed by atoms with Gasteiger partial charge in [0.25, 0.3) is 0 Å². The number of fused-ring (bicyclic) bond motifs is 1. The van der Waals surface area contributed by atoms with Crippen molar-refractivity contribution in [2.75, 3.05) is 13.7 Å². The highest BCUT2D eigenvalue weighted by atomic mass is 16.5. The van der Waals surface area contributed by atoms with E-state index in [1.54, 1.807) is 7.11 Å². The van der Waals surface area contributed by atoms with Crippen molar-refractivity contribution >= 4 is 11.0 Å². The summed E-state index contributed by atoms with van der Waals surface area (Å²) in [6, 6.07) is 16.4. The molecular formula is C17H19N3O. The van der Waals surface area contributed by atoms with E-state index in [-0.39, 0.29) is 0 Å². The lowest BCUT2D eigenvalue weighted by molar-refractivity contribution is 0.188. The monoisotopic (exact) mass is 281 g/mol.